The van der Waals surface area contributed by atoms with Gasteiger partial charge >= 0.3 is 0 Å². The number of rotatable bonds is 10. The topological polar surface area (TPSA) is 154 Å². The van der Waals surface area contributed by atoms with Crippen molar-refractivity contribution in [2.45, 2.75) is 117 Å². The highest BCUT2D eigenvalue weighted by atomic mass is 35.5. The molecule has 2 saturated heterocycles. The highest BCUT2D eigenvalue weighted by Crippen LogP contribution is 2.56. The van der Waals surface area contributed by atoms with Gasteiger partial charge in [0.05, 0.1) is 34.9 Å². The monoisotopic (exact) mass is 986 g/mol. The van der Waals surface area contributed by atoms with Crippen LogP contribution in [0.2, 0.25) is 5.02 Å². The number of carbonyl (C=O) groups excluding carboxylic acids is 2. The van der Waals surface area contributed by atoms with Gasteiger partial charge in [0, 0.05) is 141 Å². The van der Waals surface area contributed by atoms with E-state index in [9.17, 15) is 23.6 Å². The smallest absolute Gasteiger partial charge is 0.264 e. The Bertz CT molecular complexity index is 2930. The van der Waals surface area contributed by atoms with E-state index in [4.69, 9.17) is 21.4 Å². The molecule has 0 bridgehead atoms. The molecule has 0 unspecified atom stereocenters. The van der Waals surface area contributed by atoms with Gasteiger partial charge in [0.25, 0.3) is 12.3 Å². The number of nitrogens with one attached hydrogen (secondary N) is 1. The van der Waals surface area contributed by atoms with Crippen molar-refractivity contribution < 1.29 is 23.1 Å². The molecule has 5 aromatic rings. The fraction of sp³-hybridized carbons (Fsp3) is 0.528. The lowest BCUT2D eigenvalue weighted by atomic mass is 9.49. The van der Waals surface area contributed by atoms with Crippen molar-refractivity contribution in [2.24, 2.45) is 23.3 Å². The van der Waals surface area contributed by atoms with Crippen LogP contribution in [0.1, 0.15) is 117 Å². The zero-order valence-corrected chi connectivity index (χ0v) is 42.0. The van der Waals surface area contributed by atoms with E-state index in [0.29, 0.717) is 71.1 Å². The van der Waals surface area contributed by atoms with E-state index < -0.39 is 17.3 Å². The number of nitrogens with zero attached hydrogens (tertiary/aromatic N) is 11. The summed E-state index contributed by atoms with van der Waals surface area (Å²) >= 11 is 6.28. The maximum Gasteiger partial charge on any atom is 0.264 e. The van der Waals surface area contributed by atoms with Crippen molar-refractivity contribution in [1.29, 1.82) is 5.26 Å². The lowest BCUT2D eigenvalue weighted by Gasteiger charge is -2.63. The fourth-order valence-electron chi connectivity index (χ4n) is 13.3. The molecule has 0 radical (unpaired) electrons. The first-order valence-electron chi connectivity index (χ1n) is 25.0. The maximum absolute atomic E-state index is 14.8. The summed E-state index contributed by atoms with van der Waals surface area (Å²) < 4.78 is 39.8. The summed E-state index contributed by atoms with van der Waals surface area (Å²) in [5.41, 5.74) is 5.42. The number of carbonyl (C=O) groups is 2. The van der Waals surface area contributed by atoms with Gasteiger partial charge in [-0.1, -0.05) is 39.3 Å². The van der Waals surface area contributed by atoms with Gasteiger partial charge in [-0.2, -0.15) is 15.5 Å². The molecule has 2 saturated carbocycles. The van der Waals surface area contributed by atoms with Crippen LogP contribution in [0.15, 0.2) is 55.1 Å². The molecule has 372 valence electrons. The van der Waals surface area contributed by atoms with Gasteiger partial charge in [0.1, 0.15) is 17.9 Å². The number of nitriles is 1. The standard InChI is InChI=1S/C53H61ClF2N12O3/c1-31(69)65-17-13-43-41(28-65)46(67-14-7-8-32-18-39(35-26-60-63(6)27-35)40(45(55)56)20-44(32)67)62-68(43)36-11-15-64(16-12-36)37-21-53(22-37)29-66(30-53)50-58-24-34(25-59-50)47(70)61-48-51(2,3)49(52(48,4)5)71-38-10-9-33(23-57)42(54)19-38/h9-10,18-20,24-27,36-37,45,48-49H,7-8,11-17,21-22,28-30H2,1-6H3,(H,61,70). The summed E-state index contributed by atoms with van der Waals surface area (Å²) in [6.07, 6.45) is 10.3. The number of anilines is 3. The van der Waals surface area contributed by atoms with Crippen LogP contribution in [0.3, 0.4) is 0 Å². The number of ether oxygens (including phenoxy) is 1. The summed E-state index contributed by atoms with van der Waals surface area (Å²) in [6, 6.07) is 11.3. The predicted molar refractivity (Wildman–Crippen MR) is 265 cm³/mol. The number of hydrogen-bond donors (Lipinski definition) is 1. The van der Waals surface area contributed by atoms with Gasteiger partial charge < -0.3 is 29.7 Å². The van der Waals surface area contributed by atoms with Crippen LogP contribution in [0.5, 0.6) is 5.75 Å². The zero-order chi connectivity index (χ0) is 49.7. The number of aromatic nitrogens is 6. The molecule has 1 N–H and O–H groups in total. The van der Waals surface area contributed by atoms with E-state index in [1.54, 1.807) is 67.7 Å². The number of aryl methyl sites for hydroxylation is 2. The molecular weight excluding hydrogens is 926 g/mol. The van der Waals surface area contributed by atoms with Crippen LogP contribution in [-0.4, -0.2) is 109 Å². The average molecular weight is 988 g/mol. The Kier molecular flexibility index (Phi) is 11.7. The Morgan fingerprint density at radius 3 is 2.34 bits per heavy atom. The molecule has 71 heavy (non-hydrogen) atoms. The first-order valence-corrected chi connectivity index (χ1v) is 25.4. The number of alkyl halides is 2. The molecule has 1 spiro atoms. The van der Waals surface area contributed by atoms with Crippen LogP contribution in [0.25, 0.3) is 11.1 Å². The minimum Gasteiger partial charge on any atom is -0.489 e. The normalized spacial score (nSPS) is 22.5. The number of benzene rings is 2. The minimum atomic E-state index is -2.66. The number of fused-ring (bicyclic) bond motifs is 2. The van der Waals surface area contributed by atoms with Crippen molar-refractivity contribution in [3.05, 3.63) is 93.7 Å². The number of piperidine rings is 1. The van der Waals surface area contributed by atoms with E-state index in [1.165, 1.54) is 0 Å². The third-order valence-corrected chi connectivity index (χ3v) is 17.1. The molecule has 18 heteroatoms. The number of amides is 2. The summed E-state index contributed by atoms with van der Waals surface area (Å²) in [6.45, 7) is 15.4. The highest BCUT2D eigenvalue weighted by molar-refractivity contribution is 6.31. The summed E-state index contributed by atoms with van der Waals surface area (Å²) in [5.74, 6) is 1.81. The first-order chi connectivity index (χ1) is 33.9. The van der Waals surface area contributed by atoms with Gasteiger partial charge in [-0.3, -0.25) is 19.0 Å². The van der Waals surface area contributed by atoms with Crippen LogP contribution in [-0.2, 0) is 31.2 Å². The molecule has 6 aliphatic rings. The van der Waals surface area contributed by atoms with Crippen LogP contribution < -0.4 is 19.9 Å². The van der Waals surface area contributed by atoms with E-state index in [-0.39, 0.29) is 41.0 Å². The van der Waals surface area contributed by atoms with Gasteiger partial charge in [-0.25, -0.2) is 18.7 Å². The molecule has 2 amide bonds. The second kappa shape index (κ2) is 17.6. The number of hydrogen-bond acceptors (Lipinski definition) is 11. The molecule has 11 rings (SSSR count). The highest BCUT2D eigenvalue weighted by Gasteiger charge is 2.64. The molecule has 4 fully saturated rings. The summed E-state index contributed by atoms with van der Waals surface area (Å²) in [7, 11) is 1.79. The lowest BCUT2D eigenvalue weighted by molar-refractivity contribution is -0.164. The first kappa shape index (κ1) is 47.2. The largest absolute Gasteiger partial charge is 0.489 e. The van der Waals surface area contributed by atoms with E-state index in [2.05, 4.69) is 73.5 Å². The Morgan fingerprint density at radius 2 is 1.69 bits per heavy atom. The van der Waals surface area contributed by atoms with E-state index in [0.717, 1.165) is 93.0 Å². The van der Waals surface area contributed by atoms with Gasteiger partial charge in [0.15, 0.2) is 5.82 Å². The lowest BCUT2D eigenvalue weighted by Crippen LogP contribution is -2.74. The van der Waals surface area contributed by atoms with Gasteiger partial charge in [-0.15, -0.1) is 0 Å². The van der Waals surface area contributed by atoms with Crippen molar-refractivity contribution >= 4 is 40.9 Å². The predicted octanol–water partition coefficient (Wildman–Crippen LogP) is 8.44. The second-order valence-corrected chi connectivity index (χ2v) is 22.6. The van der Waals surface area contributed by atoms with E-state index in [1.807, 2.05) is 11.0 Å². The molecule has 2 aliphatic carbocycles. The van der Waals surface area contributed by atoms with Crippen molar-refractivity contribution in [3.63, 3.8) is 0 Å². The van der Waals surface area contributed by atoms with Crippen LogP contribution in [0.4, 0.5) is 26.2 Å². The Hall–Kier alpha value is -6.12. The van der Waals surface area contributed by atoms with Crippen LogP contribution in [0, 0.1) is 27.6 Å². The number of likely N-dealkylation sites (tertiary alicyclic amines) is 1. The molecule has 0 atom stereocenters. The second-order valence-electron chi connectivity index (χ2n) is 22.2. The molecule has 7 heterocycles. The Morgan fingerprint density at radius 1 is 0.958 bits per heavy atom. The van der Waals surface area contributed by atoms with Gasteiger partial charge in [-0.05, 0) is 73.9 Å². The summed E-state index contributed by atoms with van der Waals surface area (Å²) in [4.78, 5) is 44.4. The van der Waals surface area contributed by atoms with Crippen LogP contribution >= 0.6 is 11.6 Å². The fourth-order valence-corrected chi connectivity index (χ4v) is 13.6. The van der Waals surface area contributed by atoms with Crippen molar-refractivity contribution in [2.75, 3.05) is 49.1 Å². The third kappa shape index (κ3) is 8.18. The summed E-state index contributed by atoms with van der Waals surface area (Å²) in [5, 5.41) is 22.5. The van der Waals surface area contributed by atoms with Crippen molar-refractivity contribution in [1.82, 2.24) is 44.6 Å². The molecular formula is C53H61ClF2N12O3. The van der Waals surface area contributed by atoms with Crippen molar-refractivity contribution in [3.8, 4) is 22.9 Å². The Labute approximate surface area is 418 Å². The molecule has 4 aliphatic heterocycles. The SMILES string of the molecule is CC(=O)N1CCc2c(c(N3CCCc4cc(-c5cnn(C)c5)c(C(F)F)cc43)nn2C2CCN(C3CC4(C3)CN(c3ncc(C(=O)NC5C(C)(C)C(Oc6ccc(C#N)c(Cl)c6)C5(C)C)cn3)C4)CC2)C1. The minimum absolute atomic E-state index is 0.0135. The third-order valence-electron chi connectivity index (χ3n) is 16.8. The Balaban J connectivity index is 0.703. The van der Waals surface area contributed by atoms with E-state index >= 15 is 0 Å². The molecule has 3 aromatic heterocycles. The quantitative estimate of drug-likeness (QED) is 0.144. The molecule has 2 aromatic carbocycles. The number of halogens is 3. The average Bonchev–Trinajstić information content (AvgIpc) is 3.94. The maximum atomic E-state index is 14.8. The van der Waals surface area contributed by atoms with Gasteiger partial charge in [0.2, 0.25) is 11.9 Å². The molecule has 15 nitrogen and oxygen atoms in total. The zero-order valence-electron chi connectivity index (χ0n) is 41.3.